The summed E-state index contributed by atoms with van der Waals surface area (Å²) in [6, 6.07) is 7.34. The molecule has 0 radical (unpaired) electrons. The summed E-state index contributed by atoms with van der Waals surface area (Å²) in [4.78, 5) is 9.82. The number of carbonyl (C=O) groups excluding carboxylic acids is 1. The van der Waals surface area contributed by atoms with Gasteiger partial charge < -0.3 is 23.7 Å². The monoisotopic (exact) mass is 475 g/mol. The lowest BCUT2D eigenvalue weighted by Gasteiger charge is -2.45. The quantitative estimate of drug-likeness (QED) is 0.570. The third-order valence-electron chi connectivity index (χ3n) is 4.93. The van der Waals surface area contributed by atoms with E-state index in [-0.39, 0.29) is 18.0 Å². The molecule has 2 saturated heterocycles. The number of methoxy groups -OCH3 is 1. The van der Waals surface area contributed by atoms with Crippen molar-refractivity contribution in [3.63, 3.8) is 0 Å². The van der Waals surface area contributed by atoms with Crippen LogP contribution in [0.2, 0.25) is 0 Å². The minimum absolute atomic E-state index is 0.138. The van der Waals surface area contributed by atoms with Crippen molar-refractivity contribution < 1.29 is 41.1 Å². The van der Waals surface area contributed by atoms with Crippen LogP contribution in [0.4, 0.5) is 0 Å². The molecule has 11 heteroatoms. The molecule has 0 spiro atoms. The lowest BCUT2D eigenvalue weighted by Crippen LogP contribution is -2.57. The van der Waals surface area contributed by atoms with Gasteiger partial charge in [0.1, 0.15) is 24.1 Å². The molecule has 5 atom stereocenters. The topological polar surface area (TPSA) is 110 Å². The van der Waals surface area contributed by atoms with E-state index in [1.54, 1.807) is 14.0 Å². The number of esters is 1. The van der Waals surface area contributed by atoms with Crippen LogP contribution in [0.3, 0.4) is 0 Å². The van der Waals surface area contributed by atoms with Gasteiger partial charge in [0.05, 0.1) is 26.9 Å². The Kier molecular flexibility index (Phi) is 9.86. The fraction of sp³-hybridized carbons (Fsp3) is 0.667. The molecule has 2 heterocycles. The van der Waals surface area contributed by atoms with Gasteiger partial charge in [-0.3, -0.25) is 8.98 Å². The molecule has 2 aliphatic heterocycles. The fourth-order valence-electron chi connectivity index (χ4n) is 3.19. The van der Waals surface area contributed by atoms with Crippen LogP contribution in [-0.4, -0.2) is 78.0 Å². The Morgan fingerprint density at radius 1 is 1.16 bits per heavy atom. The van der Waals surface area contributed by atoms with Gasteiger partial charge in [0.15, 0.2) is 6.29 Å². The summed E-state index contributed by atoms with van der Waals surface area (Å²) in [6.45, 7) is 6.22. The third kappa shape index (κ3) is 7.12. The number of benzene rings is 1. The highest BCUT2D eigenvalue weighted by Crippen LogP contribution is 2.36. The molecule has 0 aromatic heterocycles. The average molecular weight is 476 g/mol. The predicted octanol–water partition coefficient (Wildman–Crippen LogP) is 1.91. The van der Waals surface area contributed by atoms with Crippen molar-refractivity contribution in [2.45, 2.75) is 45.4 Å². The van der Waals surface area contributed by atoms with Crippen LogP contribution in [0.25, 0.3) is 0 Å². The summed E-state index contributed by atoms with van der Waals surface area (Å²) in [5, 5.41) is 0. The number of hydrogen-bond acceptors (Lipinski definition) is 9. The Labute approximate surface area is 189 Å². The highest BCUT2D eigenvalue weighted by Gasteiger charge is 2.47. The molecule has 3 rings (SSSR count). The van der Waals surface area contributed by atoms with Gasteiger partial charge >= 0.3 is 16.3 Å². The van der Waals surface area contributed by atoms with Gasteiger partial charge in [-0.1, -0.05) is 19.1 Å². The van der Waals surface area contributed by atoms with Crippen LogP contribution in [0.1, 0.15) is 32.6 Å². The van der Waals surface area contributed by atoms with Crippen LogP contribution < -0.4 is 4.74 Å². The van der Waals surface area contributed by atoms with E-state index in [0.29, 0.717) is 19.8 Å². The predicted molar refractivity (Wildman–Crippen MR) is 115 cm³/mol. The molecule has 4 unspecified atom stereocenters. The summed E-state index contributed by atoms with van der Waals surface area (Å²) in [7, 11) is 0.631. The molecular formula is C21H33NO9S. The SMILES string of the molecule is CCOC(C)=O.COc1ccc(C2OCC3OCC(C)C(OS(=O)(=O)N(C)C)[C@@H]3O2)cc1. The lowest BCUT2D eigenvalue weighted by atomic mass is 9.93. The minimum atomic E-state index is -3.83. The molecule has 10 nitrogen and oxygen atoms in total. The van der Waals surface area contributed by atoms with E-state index in [1.165, 1.54) is 21.0 Å². The Morgan fingerprint density at radius 2 is 1.81 bits per heavy atom. The van der Waals surface area contributed by atoms with Crippen molar-refractivity contribution in [2.24, 2.45) is 5.92 Å². The summed E-state index contributed by atoms with van der Waals surface area (Å²) < 4.78 is 58.1. The standard InChI is InChI=1S/C17H25NO7S.C4H8O2/c1-11-9-22-14-10-23-17(12-5-7-13(21-4)8-6-12)24-16(14)15(11)25-26(19,20)18(2)3;1-3-6-4(2)5/h5-8,11,14-17H,9-10H2,1-4H3;3H2,1-2H3/t11?,14?,15?,16-,17?;/m1./s1. The molecule has 182 valence electrons. The maximum atomic E-state index is 12.2. The smallest absolute Gasteiger partial charge is 0.338 e. The van der Waals surface area contributed by atoms with Gasteiger partial charge in [-0.15, -0.1) is 0 Å². The van der Waals surface area contributed by atoms with E-state index in [4.69, 9.17) is 23.1 Å². The second kappa shape index (κ2) is 11.9. The summed E-state index contributed by atoms with van der Waals surface area (Å²) in [5.41, 5.74) is 0.816. The van der Waals surface area contributed by atoms with Crippen molar-refractivity contribution in [1.82, 2.24) is 4.31 Å². The molecule has 2 aliphatic rings. The van der Waals surface area contributed by atoms with Gasteiger partial charge in [0.2, 0.25) is 0 Å². The van der Waals surface area contributed by atoms with Crippen molar-refractivity contribution >= 4 is 16.3 Å². The Bertz CT molecular complexity index is 828. The van der Waals surface area contributed by atoms with Crippen molar-refractivity contribution in [1.29, 1.82) is 0 Å². The summed E-state index contributed by atoms with van der Waals surface area (Å²) in [6.07, 6.45) is -2.19. The van der Waals surface area contributed by atoms with Gasteiger partial charge in [0.25, 0.3) is 0 Å². The zero-order chi connectivity index (χ0) is 23.9. The van der Waals surface area contributed by atoms with Crippen molar-refractivity contribution in [2.75, 3.05) is 41.0 Å². The molecule has 0 bridgehead atoms. The first-order chi connectivity index (χ1) is 15.1. The summed E-state index contributed by atoms with van der Waals surface area (Å²) in [5.74, 6) is 0.383. The van der Waals surface area contributed by atoms with E-state index in [2.05, 4.69) is 4.74 Å². The Morgan fingerprint density at radius 3 is 2.31 bits per heavy atom. The highest BCUT2D eigenvalue weighted by molar-refractivity contribution is 7.84. The van der Waals surface area contributed by atoms with E-state index in [1.807, 2.05) is 31.2 Å². The largest absolute Gasteiger partial charge is 0.497 e. The number of hydrogen-bond donors (Lipinski definition) is 0. The fourth-order valence-corrected chi connectivity index (χ4v) is 3.94. The first-order valence-electron chi connectivity index (χ1n) is 10.4. The second-order valence-electron chi connectivity index (χ2n) is 7.61. The molecule has 32 heavy (non-hydrogen) atoms. The van der Waals surface area contributed by atoms with E-state index in [0.717, 1.165) is 15.6 Å². The van der Waals surface area contributed by atoms with Gasteiger partial charge in [-0.05, 0) is 19.1 Å². The zero-order valence-electron chi connectivity index (χ0n) is 19.3. The van der Waals surface area contributed by atoms with Crippen LogP contribution in [0.5, 0.6) is 5.75 Å². The first kappa shape index (κ1) is 26.5. The normalized spacial score (nSPS) is 27.7. The number of carbonyl (C=O) groups is 1. The van der Waals surface area contributed by atoms with E-state index in [9.17, 15) is 13.2 Å². The van der Waals surface area contributed by atoms with E-state index >= 15 is 0 Å². The highest BCUT2D eigenvalue weighted by atomic mass is 32.2. The van der Waals surface area contributed by atoms with Crippen LogP contribution >= 0.6 is 0 Å². The Balaban J connectivity index is 0.000000534. The average Bonchev–Trinajstić information content (AvgIpc) is 2.75. The zero-order valence-corrected chi connectivity index (χ0v) is 20.2. The third-order valence-corrected chi connectivity index (χ3v) is 6.29. The maximum absolute atomic E-state index is 12.2. The van der Waals surface area contributed by atoms with Gasteiger partial charge in [-0.25, -0.2) is 0 Å². The van der Waals surface area contributed by atoms with Crippen molar-refractivity contribution in [3.8, 4) is 5.75 Å². The molecule has 0 saturated carbocycles. The van der Waals surface area contributed by atoms with E-state index < -0.39 is 28.8 Å². The molecule has 0 aliphatic carbocycles. The van der Waals surface area contributed by atoms with Crippen LogP contribution in [0.15, 0.2) is 24.3 Å². The Hall–Kier alpha value is -1.76. The molecule has 2 fully saturated rings. The molecule has 0 N–H and O–H groups in total. The van der Waals surface area contributed by atoms with Crippen LogP contribution in [-0.2, 0) is 38.2 Å². The van der Waals surface area contributed by atoms with Gasteiger partial charge in [-0.2, -0.15) is 12.7 Å². The maximum Gasteiger partial charge on any atom is 0.338 e. The number of rotatable bonds is 6. The molecule has 1 aromatic rings. The first-order valence-corrected chi connectivity index (χ1v) is 11.7. The summed E-state index contributed by atoms with van der Waals surface area (Å²) >= 11 is 0. The van der Waals surface area contributed by atoms with Crippen LogP contribution in [0, 0.1) is 5.92 Å². The second-order valence-corrected chi connectivity index (χ2v) is 9.39. The minimum Gasteiger partial charge on any atom is -0.497 e. The number of ether oxygens (including phenoxy) is 5. The molecule has 1 aromatic carbocycles. The molecular weight excluding hydrogens is 442 g/mol. The molecule has 0 amide bonds. The van der Waals surface area contributed by atoms with Gasteiger partial charge in [0, 0.05) is 32.5 Å². The number of fused-ring (bicyclic) bond motifs is 1. The number of nitrogens with zero attached hydrogens (tertiary/aromatic N) is 1. The lowest BCUT2D eigenvalue weighted by molar-refractivity contribution is -0.304. The van der Waals surface area contributed by atoms with Crippen molar-refractivity contribution in [3.05, 3.63) is 29.8 Å².